The molecule has 0 bridgehead atoms. The van der Waals surface area contributed by atoms with E-state index in [0.717, 1.165) is 11.4 Å². The molecule has 10 aromatic rings. The average Bonchev–Trinajstić information content (AvgIpc) is 3.82. The Morgan fingerprint density at radius 2 is 0.912 bits per heavy atom. The molecule has 0 atom stereocenters. The monoisotopic (exact) mass is 743 g/mol. The normalized spacial score (nSPS) is 12.7. The van der Waals surface area contributed by atoms with Gasteiger partial charge < -0.3 is 4.90 Å². The summed E-state index contributed by atoms with van der Waals surface area (Å²) in [5.41, 5.74) is 15.6. The Morgan fingerprint density at radius 3 is 1.60 bits per heavy atom. The van der Waals surface area contributed by atoms with E-state index in [4.69, 9.17) is 0 Å². The Labute approximate surface area is 337 Å². The number of nitrogens with zero attached hydrogens (tertiary/aromatic N) is 1. The summed E-state index contributed by atoms with van der Waals surface area (Å²) >= 11 is 1.88. The molecule has 9 aromatic carbocycles. The molecule has 0 fully saturated rings. The first-order valence-corrected chi connectivity index (χ1v) is 20.4. The molecule has 0 N–H and O–H groups in total. The minimum Gasteiger partial charge on any atom is -0.309 e. The number of hydrogen-bond donors (Lipinski definition) is 0. The van der Waals surface area contributed by atoms with E-state index in [-0.39, 0.29) is 0 Å². The molecule has 1 aliphatic carbocycles. The lowest BCUT2D eigenvalue weighted by molar-refractivity contribution is 0.770. The highest BCUT2D eigenvalue weighted by Gasteiger charge is 2.46. The number of fused-ring (bicyclic) bond motifs is 6. The second kappa shape index (κ2) is 13.6. The molecule has 0 unspecified atom stereocenters. The van der Waals surface area contributed by atoms with Crippen LogP contribution >= 0.6 is 11.3 Å². The summed E-state index contributed by atoms with van der Waals surface area (Å²) in [6.07, 6.45) is 0. The van der Waals surface area contributed by atoms with E-state index in [1.165, 1.54) is 81.5 Å². The van der Waals surface area contributed by atoms with Gasteiger partial charge in [-0.2, -0.15) is 0 Å². The number of anilines is 3. The summed E-state index contributed by atoms with van der Waals surface area (Å²) in [6, 6.07) is 82.4. The van der Waals surface area contributed by atoms with Crippen LogP contribution in [-0.4, -0.2) is 0 Å². The molecular formula is C55H37NS. The van der Waals surface area contributed by atoms with Gasteiger partial charge in [0.15, 0.2) is 0 Å². The maximum absolute atomic E-state index is 2.48. The highest BCUT2D eigenvalue weighted by molar-refractivity contribution is 7.26. The number of benzene rings is 9. The van der Waals surface area contributed by atoms with Gasteiger partial charge >= 0.3 is 0 Å². The zero-order valence-corrected chi connectivity index (χ0v) is 32.0. The topological polar surface area (TPSA) is 3.24 Å². The molecule has 1 nitrogen and oxygen atoms in total. The van der Waals surface area contributed by atoms with E-state index in [2.05, 4.69) is 229 Å². The van der Waals surface area contributed by atoms with Crippen LogP contribution in [0.2, 0.25) is 0 Å². The van der Waals surface area contributed by atoms with Crippen molar-refractivity contribution < 1.29 is 0 Å². The highest BCUT2D eigenvalue weighted by Crippen LogP contribution is 2.57. The van der Waals surface area contributed by atoms with Gasteiger partial charge in [-0.1, -0.05) is 182 Å². The van der Waals surface area contributed by atoms with Crippen LogP contribution in [0.5, 0.6) is 0 Å². The second-order valence-corrected chi connectivity index (χ2v) is 15.9. The van der Waals surface area contributed by atoms with Crippen LogP contribution in [0.25, 0.3) is 53.6 Å². The molecule has 1 aliphatic rings. The van der Waals surface area contributed by atoms with Crippen molar-refractivity contribution in [3.8, 4) is 33.4 Å². The number of thiophene rings is 1. The lowest BCUT2D eigenvalue weighted by Gasteiger charge is -2.34. The van der Waals surface area contributed by atoms with Crippen molar-refractivity contribution >= 4 is 48.6 Å². The van der Waals surface area contributed by atoms with Crippen LogP contribution in [0.3, 0.4) is 0 Å². The van der Waals surface area contributed by atoms with Crippen molar-refractivity contribution in [1.29, 1.82) is 0 Å². The summed E-state index contributed by atoms with van der Waals surface area (Å²) in [4.78, 5) is 2.44. The molecule has 0 saturated heterocycles. The summed E-state index contributed by atoms with van der Waals surface area (Å²) < 4.78 is 2.55. The Morgan fingerprint density at radius 1 is 0.351 bits per heavy atom. The standard InChI is InChI=1S/C55H37NS/c1-4-16-38(17-5-1)40-30-33-44(34-31-40)56(45-23-14-20-41(36-45)39-18-6-2-7-19-39)52-29-15-26-48-49-37-43(32-35-53(49)57-54(48)52)55(42-21-8-3-9-22-42)50-27-12-10-24-46(50)47-25-11-13-28-51(47)55/h1-37H. The summed E-state index contributed by atoms with van der Waals surface area (Å²) in [6.45, 7) is 0. The van der Waals surface area contributed by atoms with Crippen molar-refractivity contribution in [1.82, 2.24) is 0 Å². The van der Waals surface area contributed by atoms with Crippen LogP contribution < -0.4 is 4.90 Å². The molecule has 1 aromatic heterocycles. The van der Waals surface area contributed by atoms with Crippen molar-refractivity contribution in [2.45, 2.75) is 5.41 Å². The summed E-state index contributed by atoms with van der Waals surface area (Å²) in [5.74, 6) is 0. The van der Waals surface area contributed by atoms with Gasteiger partial charge in [0.1, 0.15) is 0 Å². The van der Waals surface area contributed by atoms with E-state index >= 15 is 0 Å². The van der Waals surface area contributed by atoms with Gasteiger partial charge in [0, 0.05) is 26.8 Å². The van der Waals surface area contributed by atoms with Crippen LogP contribution in [0.4, 0.5) is 17.1 Å². The van der Waals surface area contributed by atoms with Gasteiger partial charge in [-0.05, 0) is 98.1 Å². The zero-order valence-electron chi connectivity index (χ0n) is 31.2. The lowest BCUT2D eigenvalue weighted by atomic mass is 9.67. The molecule has 11 rings (SSSR count). The molecule has 0 amide bonds. The minimum absolute atomic E-state index is 0.446. The van der Waals surface area contributed by atoms with Crippen molar-refractivity contribution in [2.24, 2.45) is 0 Å². The van der Waals surface area contributed by atoms with Gasteiger partial charge in [0.25, 0.3) is 0 Å². The minimum atomic E-state index is -0.446. The van der Waals surface area contributed by atoms with Crippen molar-refractivity contribution in [3.05, 3.63) is 247 Å². The van der Waals surface area contributed by atoms with Crippen LogP contribution in [0.15, 0.2) is 224 Å². The fourth-order valence-electron chi connectivity index (χ4n) is 9.22. The second-order valence-electron chi connectivity index (χ2n) is 14.8. The molecule has 0 aliphatic heterocycles. The third-order valence-corrected chi connectivity index (χ3v) is 13.0. The third-order valence-electron chi connectivity index (χ3n) is 11.8. The smallest absolute Gasteiger partial charge is 0.0713 e. The summed E-state index contributed by atoms with van der Waals surface area (Å²) in [7, 11) is 0. The molecule has 0 saturated carbocycles. The van der Waals surface area contributed by atoms with Crippen LogP contribution in [0.1, 0.15) is 22.3 Å². The van der Waals surface area contributed by atoms with E-state index < -0.39 is 5.41 Å². The van der Waals surface area contributed by atoms with Crippen molar-refractivity contribution in [3.63, 3.8) is 0 Å². The largest absolute Gasteiger partial charge is 0.309 e. The highest BCUT2D eigenvalue weighted by atomic mass is 32.1. The van der Waals surface area contributed by atoms with Crippen LogP contribution in [-0.2, 0) is 5.41 Å². The molecular weight excluding hydrogens is 707 g/mol. The van der Waals surface area contributed by atoms with Gasteiger partial charge in [-0.25, -0.2) is 0 Å². The fraction of sp³-hybridized carbons (Fsp3) is 0.0182. The Bertz CT molecular complexity index is 3010. The molecule has 57 heavy (non-hydrogen) atoms. The molecule has 2 heteroatoms. The maximum atomic E-state index is 2.48. The fourth-order valence-corrected chi connectivity index (χ4v) is 10.4. The first-order chi connectivity index (χ1) is 28.3. The first kappa shape index (κ1) is 33.3. The zero-order chi connectivity index (χ0) is 37.8. The van der Waals surface area contributed by atoms with Gasteiger partial charge in [-0.15, -0.1) is 11.3 Å². The Hall–Kier alpha value is -7.00. The molecule has 268 valence electrons. The van der Waals surface area contributed by atoms with E-state index in [1.807, 2.05) is 11.3 Å². The third kappa shape index (κ3) is 5.37. The lowest BCUT2D eigenvalue weighted by Crippen LogP contribution is -2.28. The maximum Gasteiger partial charge on any atom is 0.0713 e. The quantitative estimate of drug-likeness (QED) is 0.157. The van der Waals surface area contributed by atoms with Gasteiger partial charge in [0.05, 0.1) is 15.8 Å². The van der Waals surface area contributed by atoms with E-state index in [9.17, 15) is 0 Å². The first-order valence-electron chi connectivity index (χ1n) is 19.6. The molecule has 0 spiro atoms. The average molecular weight is 744 g/mol. The predicted octanol–water partition coefficient (Wildman–Crippen LogP) is 15.2. The van der Waals surface area contributed by atoms with Crippen molar-refractivity contribution in [2.75, 3.05) is 4.90 Å². The summed E-state index contributed by atoms with van der Waals surface area (Å²) in [5, 5.41) is 2.55. The SMILES string of the molecule is c1ccc(-c2ccc(N(c3cccc(-c4ccccc4)c3)c3cccc4c3sc3ccc(C5(c6ccccc6)c6ccccc6-c6ccccc65)cc34)cc2)cc1. The molecule has 0 radical (unpaired) electrons. The number of rotatable bonds is 7. The Kier molecular flexibility index (Phi) is 7.98. The number of hydrogen-bond acceptors (Lipinski definition) is 2. The molecule has 1 heterocycles. The predicted molar refractivity (Wildman–Crippen MR) is 242 cm³/mol. The Balaban J connectivity index is 1.12. The van der Waals surface area contributed by atoms with Gasteiger partial charge in [-0.3, -0.25) is 0 Å². The van der Waals surface area contributed by atoms with Crippen LogP contribution in [0, 0.1) is 0 Å². The van der Waals surface area contributed by atoms with Gasteiger partial charge in [0.2, 0.25) is 0 Å². The van der Waals surface area contributed by atoms with E-state index in [1.54, 1.807) is 0 Å². The van der Waals surface area contributed by atoms with E-state index in [0.29, 0.717) is 0 Å².